The van der Waals surface area contributed by atoms with E-state index in [-0.39, 0.29) is 5.91 Å². The third-order valence-corrected chi connectivity index (χ3v) is 4.31. The van der Waals surface area contributed by atoms with Gasteiger partial charge < -0.3 is 5.32 Å². The minimum Gasteiger partial charge on any atom is -0.322 e. The van der Waals surface area contributed by atoms with E-state index in [0.717, 1.165) is 18.5 Å². The molecular weight excluding hydrogens is 306 g/mol. The van der Waals surface area contributed by atoms with Crippen LogP contribution in [0.3, 0.4) is 0 Å². The fraction of sp³-hybridized carbons (Fsp3) is 0.174. The van der Waals surface area contributed by atoms with Gasteiger partial charge in [-0.05, 0) is 62.1 Å². The van der Waals surface area contributed by atoms with E-state index < -0.39 is 0 Å². The molecule has 3 aromatic rings. The van der Waals surface area contributed by atoms with Gasteiger partial charge in [-0.3, -0.25) is 4.79 Å². The Morgan fingerprint density at radius 1 is 0.760 bits per heavy atom. The van der Waals surface area contributed by atoms with Gasteiger partial charge in [-0.25, -0.2) is 0 Å². The molecule has 25 heavy (non-hydrogen) atoms. The molecule has 0 aliphatic rings. The Bertz CT molecular complexity index is 848. The van der Waals surface area contributed by atoms with Crippen molar-refractivity contribution in [2.24, 2.45) is 0 Å². The third-order valence-electron chi connectivity index (χ3n) is 4.31. The lowest BCUT2D eigenvalue weighted by molar-refractivity contribution is 0.102. The first-order valence-corrected chi connectivity index (χ1v) is 8.63. The lowest BCUT2D eigenvalue weighted by atomic mass is 10.0. The van der Waals surface area contributed by atoms with Gasteiger partial charge in [-0.15, -0.1) is 0 Å². The summed E-state index contributed by atoms with van der Waals surface area (Å²) >= 11 is 0. The average molecular weight is 329 g/mol. The van der Waals surface area contributed by atoms with Crippen LogP contribution in [0.25, 0.3) is 0 Å². The third kappa shape index (κ3) is 4.80. The van der Waals surface area contributed by atoms with E-state index in [4.69, 9.17) is 0 Å². The molecular formula is C23H23NO. The van der Waals surface area contributed by atoms with Gasteiger partial charge in [0.25, 0.3) is 5.91 Å². The zero-order valence-electron chi connectivity index (χ0n) is 14.8. The highest BCUT2D eigenvalue weighted by molar-refractivity contribution is 6.04. The molecule has 0 spiro atoms. The summed E-state index contributed by atoms with van der Waals surface area (Å²) in [5.74, 6) is -0.0749. The molecule has 2 nitrogen and oxygen atoms in total. The number of anilines is 1. The molecule has 0 aromatic heterocycles. The quantitative estimate of drug-likeness (QED) is 0.672. The van der Waals surface area contributed by atoms with Gasteiger partial charge in [-0.2, -0.15) is 0 Å². The summed E-state index contributed by atoms with van der Waals surface area (Å²) in [5, 5.41) is 2.93. The van der Waals surface area contributed by atoms with Crippen LogP contribution in [0.5, 0.6) is 0 Å². The maximum atomic E-state index is 12.3. The van der Waals surface area contributed by atoms with Crippen molar-refractivity contribution in [3.63, 3.8) is 0 Å². The van der Waals surface area contributed by atoms with Crippen molar-refractivity contribution in [1.82, 2.24) is 0 Å². The summed E-state index contributed by atoms with van der Waals surface area (Å²) in [7, 11) is 0. The minimum atomic E-state index is -0.0749. The number of rotatable bonds is 5. The lowest BCUT2D eigenvalue weighted by Gasteiger charge is -2.07. The van der Waals surface area contributed by atoms with E-state index in [0.29, 0.717) is 5.56 Å². The van der Waals surface area contributed by atoms with Crippen LogP contribution in [-0.4, -0.2) is 5.91 Å². The van der Waals surface area contributed by atoms with Crippen LogP contribution in [0.2, 0.25) is 0 Å². The zero-order chi connectivity index (χ0) is 17.6. The van der Waals surface area contributed by atoms with Crippen molar-refractivity contribution >= 4 is 11.6 Å². The molecule has 0 aliphatic carbocycles. The Labute approximate surface area is 149 Å². The average Bonchev–Trinajstić information content (AvgIpc) is 2.62. The van der Waals surface area contributed by atoms with Crippen molar-refractivity contribution in [3.05, 3.63) is 101 Å². The second-order valence-electron chi connectivity index (χ2n) is 6.51. The van der Waals surface area contributed by atoms with Crippen LogP contribution in [0.15, 0.2) is 72.8 Å². The van der Waals surface area contributed by atoms with E-state index in [1.165, 1.54) is 22.3 Å². The number of amides is 1. The molecule has 1 N–H and O–H groups in total. The molecule has 0 saturated carbocycles. The zero-order valence-corrected chi connectivity index (χ0v) is 14.8. The van der Waals surface area contributed by atoms with E-state index in [1.807, 2.05) is 55.5 Å². The Kier molecular flexibility index (Phi) is 5.30. The SMILES string of the molecule is Cc1ccc(NC(=O)c2ccc(CCc3cccc(C)c3)cc2)cc1. The van der Waals surface area contributed by atoms with Gasteiger partial charge in [0, 0.05) is 11.3 Å². The van der Waals surface area contributed by atoms with Crippen molar-refractivity contribution in [1.29, 1.82) is 0 Å². The predicted molar refractivity (Wildman–Crippen MR) is 104 cm³/mol. The first-order valence-electron chi connectivity index (χ1n) is 8.63. The van der Waals surface area contributed by atoms with Crippen molar-refractivity contribution in [3.8, 4) is 0 Å². The van der Waals surface area contributed by atoms with Gasteiger partial charge in [0.05, 0.1) is 0 Å². The molecule has 3 aromatic carbocycles. The van der Waals surface area contributed by atoms with Gasteiger partial charge in [-0.1, -0.05) is 59.7 Å². The van der Waals surface area contributed by atoms with Gasteiger partial charge in [0.1, 0.15) is 0 Å². The highest BCUT2D eigenvalue weighted by Crippen LogP contribution is 2.13. The highest BCUT2D eigenvalue weighted by Gasteiger charge is 2.06. The van der Waals surface area contributed by atoms with E-state index >= 15 is 0 Å². The van der Waals surface area contributed by atoms with Crippen LogP contribution in [0, 0.1) is 13.8 Å². The molecule has 2 heteroatoms. The van der Waals surface area contributed by atoms with Crippen LogP contribution in [-0.2, 0) is 12.8 Å². The predicted octanol–water partition coefficient (Wildman–Crippen LogP) is 5.34. The van der Waals surface area contributed by atoms with E-state index in [1.54, 1.807) is 0 Å². The van der Waals surface area contributed by atoms with Crippen molar-refractivity contribution in [2.45, 2.75) is 26.7 Å². The molecule has 0 fully saturated rings. The highest BCUT2D eigenvalue weighted by atomic mass is 16.1. The lowest BCUT2D eigenvalue weighted by Crippen LogP contribution is -2.11. The summed E-state index contributed by atoms with van der Waals surface area (Å²) in [6, 6.07) is 24.3. The normalized spacial score (nSPS) is 10.5. The number of aryl methyl sites for hydroxylation is 4. The fourth-order valence-electron chi connectivity index (χ4n) is 2.82. The van der Waals surface area contributed by atoms with Gasteiger partial charge in [0.2, 0.25) is 0 Å². The summed E-state index contributed by atoms with van der Waals surface area (Å²) in [6.07, 6.45) is 1.99. The molecule has 126 valence electrons. The number of nitrogens with one attached hydrogen (secondary N) is 1. The van der Waals surface area contributed by atoms with Crippen LogP contribution < -0.4 is 5.32 Å². The summed E-state index contributed by atoms with van der Waals surface area (Å²) in [6.45, 7) is 4.14. The monoisotopic (exact) mass is 329 g/mol. The summed E-state index contributed by atoms with van der Waals surface area (Å²) < 4.78 is 0. The van der Waals surface area contributed by atoms with Gasteiger partial charge >= 0.3 is 0 Å². The number of carbonyl (C=O) groups is 1. The number of carbonyl (C=O) groups excluding carboxylic acids is 1. The second kappa shape index (κ2) is 7.80. The molecule has 0 heterocycles. The number of benzene rings is 3. The maximum Gasteiger partial charge on any atom is 0.255 e. The molecule has 0 radical (unpaired) electrons. The minimum absolute atomic E-state index is 0.0749. The van der Waals surface area contributed by atoms with Gasteiger partial charge in [0.15, 0.2) is 0 Å². The Morgan fingerprint density at radius 2 is 1.44 bits per heavy atom. The number of hydrogen-bond acceptors (Lipinski definition) is 1. The van der Waals surface area contributed by atoms with Crippen LogP contribution >= 0.6 is 0 Å². The second-order valence-corrected chi connectivity index (χ2v) is 6.51. The summed E-state index contributed by atoms with van der Waals surface area (Å²) in [4.78, 5) is 12.3. The molecule has 0 bridgehead atoms. The first-order chi connectivity index (χ1) is 12.1. The van der Waals surface area contributed by atoms with E-state index in [9.17, 15) is 4.79 Å². The molecule has 1 amide bonds. The van der Waals surface area contributed by atoms with Crippen LogP contribution in [0.1, 0.15) is 32.6 Å². The Hall–Kier alpha value is -2.87. The maximum absolute atomic E-state index is 12.3. The first kappa shape index (κ1) is 17.0. The molecule has 0 aliphatic heterocycles. The van der Waals surface area contributed by atoms with Crippen molar-refractivity contribution < 1.29 is 4.79 Å². The Balaban J connectivity index is 1.59. The van der Waals surface area contributed by atoms with E-state index in [2.05, 4.69) is 36.5 Å². The number of hydrogen-bond donors (Lipinski definition) is 1. The van der Waals surface area contributed by atoms with Crippen molar-refractivity contribution in [2.75, 3.05) is 5.32 Å². The largest absolute Gasteiger partial charge is 0.322 e. The molecule has 0 unspecified atom stereocenters. The van der Waals surface area contributed by atoms with Crippen LogP contribution in [0.4, 0.5) is 5.69 Å². The standard InChI is InChI=1S/C23H23NO/c1-17-6-14-22(15-7-17)24-23(25)21-12-10-19(11-13-21)8-9-20-5-3-4-18(2)16-20/h3-7,10-16H,8-9H2,1-2H3,(H,24,25). The topological polar surface area (TPSA) is 29.1 Å². The Morgan fingerprint density at radius 3 is 2.12 bits per heavy atom. The fourth-order valence-corrected chi connectivity index (χ4v) is 2.82. The smallest absolute Gasteiger partial charge is 0.255 e. The molecule has 0 atom stereocenters. The summed E-state index contributed by atoms with van der Waals surface area (Å²) in [5.41, 5.74) is 6.56. The molecule has 3 rings (SSSR count). The molecule has 0 saturated heterocycles.